The first-order valence-corrected chi connectivity index (χ1v) is 6.16. The lowest BCUT2D eigenvalue weighted by atomic mass is 10.3. The molecule has 0 bridgehead atoms. The lowest BCUT2D eigenvalue weighted by Gasteiger charge is -2.09. The molecule has 0 aliphatic carbocycles. The molecule has 2 nitrogen and oxygen atoms in total. The van der Waals surface area contributed by atoms with Crippen molar-refractivity contribution in [1.29, 1.82) is 0 Å². The monoisotopic (exact) mass is 315 g/mol. The zero-order valence-corrected chi connectivity index (χ0v) is 11.0. The van der Waals surface area contributed by atoms with Crippen molar-refractivity contribution in [2.75, 3.05) is 0 Å². The van der Waals surface area contributed by atoms with E-state index in [4.69, 9.17) is 16.3 Å². The van der Waals surface area contributed by atoms with Gasteiger partial charge in [0, 0.05) is 5.56 Å². The summed E-state index contributed by atoms with van der Waals surface area (Å²) in [6.45, 7) is 0. The van der Waals surface area contributed by atoms with Crippen LogP contribution in [0.25, 0.3) is 0 Å². The predicted molar refractivity (Wildman–Crippen MR) is 68.0 cm³/mol. The third-order valence-corrected chi connectivity index (χ3v) is 3.02. The summed E-state index contributed by atoms with van der Waals surface area (Å²) in [5.74, 6) is 0.635. The minimum atomic E-state index is -0.430. The third-order valence-electron chi connectivity index (χ3n) is 2.08. The SMILES string of the molecule is Fc1cnc(Oc2ccccc2Br)c(CCl)c1. The number of hydrogen-bond donors (Lipinski definition) is 0. The van der Waals surface area contributed by atoms with Gasteiger partial charge >= 0.3 is 0 Å². The number of aromatic nitrogens is 1. The van der Waals surface area contributed by atoms with E-state index >= 15 is 0 Å². The quantitative estimate of drug-likeness (QED) is 0.777. The Balaban J connectivity index is 2.33. The van der Waals surface area contributed by atoms with Crippen LogP contribution in [0.1, 0.15) is 5.56 Å². The number of rotatable bonds is 3. The van der Waals surface area contributed by atoms with Gasteiger partial charge in [0.05, 0.1) is 16.5 Å². The number of alkyl halides is 1. The van der Waals surface area contributed by atoms with E-state index in [0.717, 1.165) is 10.7 Å². The Bertz CT molecular complexity index is 536. The van der Waals surface area contributed by atoms with E-state index < -0.39 is 5.82 Å². The van der Waals surface area contributed by atoms with Crippen LogP contribution in [-0.2, 0) is 5.88 Å². The number of nitrogens with zero attached hydrogens (tertiary/aromatic N) is 1. The highest BCUT2D eigenvalue weighted by atomic mass is 79.9. The standard InChI is InChI=1S/C12H8BrClFNO/c13-10-3-1-2-4-11(10)17-12-8(6-14)5-9(15)7-16-12/h1-5,7H,6H2. The van der Waals surface area contributed by atoms with Gasteiger partial charge in [0.25, 0.3) is 0 Å². The molecule has 0 aliphatic rings. The summed E-state index contributed by atoms with van der Waals surface area (Å²) in [6, 6.07) is 8.65. The minimum Gasteiger partial charge on any atom is -0.438 e. The molecule has 2 aromatic rings. The number of ether oxygens (including phenoxy) is 1. The number of hydrogen-bond acceptors (Lipinski definition) is 2. The van der Waals surface area contributed by atoms with E-state index in [1.807, 2.05) is 18.2 Å². The second kappa shape index (κ2) is 5.47. The molecule has 0 spiro atoms. The molecule has 88 valence electrons. The normalized spacial score (nSPS) is 10.3. The van der Waals surface area contributed by atoms with Crippen LogP contribution >= 0.6 is 27.5 Å². The van der Waals surface area contributed by atoms with Crippen molar-refractivity contribution in [2.45, 2.75) is 5.88 Å². The lowest BCUT2D eigenvalue weighted by Crippen LogP contribution is -1.94. The van der Waals surface area contributed by atoms with E-state index in [0.29, 0.717) is 17.2 Å². The fourth-order valence-electron chi connectivity index (χ4n) is 1.29. The van der Waals surface area contributed by atoms with Gasteiger partial charge in [-0.2, -0.15) is 0 Å². The predicted octanol–water partition coefficient (Wildman–Crippen LogP) is 4.51. The molecule has 0 amide bonds. The van der Waals surface area contributed by atoms with Gasteiger partial charge < -0.3 is 4.74 Å². The first-order valence-electron chi connectivity index (χ1n) is 4.83. The van der Waals surface area contributed by atoms with Crippen molar-refractivity contribution in [3.8, 4) is 11.6 Å². The summed E-state index contributed by atoms with van der Waals surface area (Å²) >= 11 is 9.07. The molecular weight excluding hydrogens is 308 g/mol. The van der Waals surface area contributed by atoms with Gasteiger partial charge in [-0.25, -0.2) is 9.37 Å². The average molecular weight is 317 g/mol. The topological polar surface area (TPSA) is 22.1 Å². The van der Waals surface area contributed by atoms with Crippen molar-refractivity contribution >= 4 is 27.5 Å². The van der Waals surface area contributed by atoms with Gasteiger partial charge in [0.2, 0.25) is 5.88 Å². The third kappa shape index (κ3) is 2.96. The minimum absolute atomic E-state index is 0.143. The van der Waals surface area contributed by atoms with Crippen LogP contribution in [-0.4, -0.2) is 4.98 Å². The molecule has 1 heterocycles. The highest BCUT2D eigenvalue weighted by Crippen LogP contribution is 2.30. The Morgan fingerprint density at radius 3 is 2.82 bits per heavy atom. The maximum absolute atomic E-state index is 13.0. The van der Waals surface area contributed by atoms with Crippen molar-refractivity contribution < 1.29 is 9.13 Å². The van der Waals surface area contributed by atoms with Crippen molar-refractivity contribution in [3.05, 3.63) is 52.4 Å². The molecule has 2 rings (SSSR count). The maximum atomic E-state index is 13.0. The van der Waals surface area contributed by atoms with Gasteiger partial charge in [-0.05, 0) is 34.1 Å². The number of benzene rings is 1. The van der Waals surface area contributed by atoms with Gasteiger partial charge in [-0.1, -0.05) is 12.1 Å². The molecule has 0 saturated carbocycles. The molecule has 0 aliphatic heterocycles. The molecule has 0 unspecified atom stereocenters. The highest BCUT2D eigenvalue weighted by Gasteiger charge is 2.09. The van der Waals surface area contributed by atoms with Crippen LogP contribution in [0.4, 0.5) is 4.39 Å². The lowest BCUT2D eigenvalue weighted by molar-refractivity contribution is 0.451. The van der Waals surface area contributed by atoms with Crippen molar-refractivity contribution in [3.63, 3.8) is 0 Å². The number of para-hydroxylation sites is 1. The van der Waals surface area contributed by atoms with E-state index in [9.17, 15) is 4.39 Å². The Labute approximate surface area is 112 Å². The smallest absolute Gasteiger partial charge is 0.223 e. The van der Waals surface area contributed by atoms with Crippen LogP contribution in [0.15, 0.2) is 41.0 Å². The molecule has 1 aromatic heterocycles. The second-order valence-electron chi connectivity index (χ2n) is 3.28. The maximum Gasteiger partial charge on any atom is 0.223 e. The Kier molecular flexibility index (Phi) is 3.97. The van der Waals surface area contributed by atoms with Crippen LogP contribution in [0.5, 0.6) is 11.6 Å². The van der Waals surface area contributed by atoms with Crippen LogP contribution in [0, 0.1) is 5.82 Å². The summed E-state index contributed by atoms with van der Waals surface area (Å²) in [5.41, 5.74) is 0.516. The fraction of sp³-hybridized carbons (Fsp3) is 0.0833. The molecule has 5 heteroatoms. The van der Waals surface area contributed by atoms with E-state index in [1.54, 1.807) is 6.07 Å². The summed E-state index contributed by atoms with van der Waals surface area (Å²) in [6.07, 6.45) is 1.10. The van der Waals surface area contributed by atoms with E-state index in [2.05, 4.69) is 20.9 Å². The molecule has 17 heavy (non-hydrogen) atoms. The van der Waals surface area contributed by atoms with E-state index in [-0.39, 0.29) is 5.88 Å². The summed E-state index contributed by atoms with van der Waals surface area (Å²) in [5, 5.41) is 0. The zero-order valence-electron chi connectivity index (χ0n) is 8.66. The Morgan fingerprint density at radius 2 is 2.12 bits per heavy atom. The summed E-state index contributed by atoms with van der Waals surface area (Å²) in [7, 11) is 0. The first-order chi connectivity index (χ1) is 8.20. The molecule has 0 atom stereocenters. The Hall–Kier alpha value is -1.13. The molecule has 0 fully saturated rings. The van der Waals surface area contributed by atoms with Crippen LogP contribution in [0.3, 0.4) is 0 Å². The number of pyridine rings is 1. The van der Waals surface area contributed by atoms with Crippen molar-refractivity contribution in [1.82, 2.24) is 4.98 Å². The van der Waals surface area contributed by atoms with Crippen molar-refractivity contribution in [2.24, 2.45) is 0 Å². The molecular formula is C12H8BrClFNO. The second-order valence-corrected chi connectivity index (χ2v) is 4.41. The van der Waals surface area contributed by atoms with Gasteiger partial charge in [-0.3, -0.25) is 0 Å². The van der Waals surface area contributed by atoms with Gasteiger partial charge in [0.1, 0.15) is 11.6 Å². The van der Waals surface area contributed by atoms with Gasteiger partial charge in [-0.15, -0.1) is 11.6 Å². The first kappa shape index (κ1) is 12.3. The fourth-order valence-corrected chi connectivity index (χ4v) is 1.85. The molecule has 1 aromatic carbocycles. The average Bonchev–Trinajstić information content (AvgIpc) is 2.34. The number of halogens is 3. The molecule has 0 N–H and O–H groups in total. The molecule has 0 radical (unpaired) electrons. The summed E-state index contributed by atoms with van der Waals surface area (Å²) in [4.78, 5) is 3.88. The highest BCUT2D eigenvalue weighted by molar-refractivity contribution is 9.10. The molecule has 0 saturated heterocycles. The zero-order chi connectivity index (χ0) is 12.3. The summed E-state index contributed by atoms with van der Waals surface area (Å²) < 4.78 is 19.3. The Morgan fingerprint density at radius 1 is 1.35 bits per heavy atom. The van der Waals surface area contributed by atoms with E-state index in [1.165, 1.54) is 6.07 Å². The van der Waals surface area contributed by atoms with Gasteiger partial charge in [0.15, 0.2) is 0 Å². The van der Waals surface area contributed by atoms with Crippen LogP contribution < -0.4 is 4.74 Å². The van der Waals surface area contributed by atoms with Crippen LogP contribution in [0.2, 0.25) is 0 Å². The largest absolute Gasteiger partial charge is 0.438 e.